The molecule has 3 fully saturated rings. The average molecular weight is 331 g/mol. The molecule has 1 aromatic rings. The van der Waals surface area contributed by atoms with Crippen LogP contribution in [0.1, 0.15) is 50.0 Å². The number of aryl methyl sites for hydroxylation is 1. The largest absolute Gasteiger partial charge is 0.335 e. The molecule has 1 aromatic heterocycles. The van der Waals surface area contributed by atoms with Crippen LogP contribution in [0, 0.1) is 0 Å². The minimum atomic E-state index is 0.128. The van der Waals surface area contributed by atoms with Gasteiger partial charge in [-0.05, 0) is 50.8 Å². The molecule has 0 spiro atoms. The number of aromatic nitrogens is 2. The van der Waals surface area contributed by atoms with Crippen molar-refractivity contribution in [2.24, 2.45) is 7.05 Å². The van der Waals surface area contributed by atoms with E-state index >= 15 is 0 Å². The van der Waals surface area contributed by atoms with Gasteiger partial charge in [0.25, 0.3) is 0 Å². The summed E-state index contributed by atoms with van der Waals surface area (Å²) in [7, 11) is 1.97. The lowest BCUT2D eigenvalue weighted by molar-refractivity contribution is 0.0837. The van der Waals surface area contributed by atoms with Gasteiger partial charge in [0.05, 0.1) is 6.20 Å². The minimum absolute atomic E-state index is 0.128. The van der Waals surface area contributed by atoms with E-state index in [9.17, 15) is 4.79 Å². The van der Waals surface area contributed by atoms with Gasteiger partial charge in [0.15, 0.2) is 0 Å². The van der Waals surface area contributed by atoms with Crippen molar-refractivity contribution in [3.05, 3.63) is 18.0 Å². The van der Waals surface area contributed by atoms with Crippen molar-refractivity contribution in [2.75, 3.05) is 26.2 Å². The first-order chi connectivity index (χ1) is 11.7. The molecule has 0 bridgehead atoms. The predicted molar refractivity (Wildman–Crippen MR) is 92.9 cm³/mol. The maximum atomic E-state index is 12.5. The Bertz CT molecular complexity index is 576. The molecular formula is C18H29N5O. The second-order valence-corrected chi connectivity index (χ2v) is 7.68. The second-order valence-electron chi connectivity index (χ2n) is 7.68. The van der Waals surface area contributed by atoms with Crippen LogP contribution in [0.2, 0.25) is 0 Å². The lowest BCUT2D eigenvalue weighted by Gasteiger charge is -2.45. The van der Waals surface area contributed by atoms with E-state index in [2.05, 4.69) is 21.5 Å². The summed E-state index contributed by atoms with van der Waals surface area (Å²) in [6.45, 7) is 4.09. The molecule has 0 aromatic carbocycles. The normalized spacial score (nSPS) is 28.8. The van der Waals surface area contributed by atoms with E-state index in [-0.39, 0.29) is 6.03 Å². The fourth-order valence-corrected chi connectivity index (χ4v) is 4.26. The van der Waals surface area contributed by atoms with Crippen molar-refractivity contribution in [3.8, 4) is 0 Å². The molecule has 132 valence electrons. The van der Waals surface area contributed by atoms with Crippen LogP contribution in [-0.4, -0.2) is 63.9 Å². The standard InChI is InChI=1S/C18H29N5O/c1-21-12-14(11-19-21)16-13-23(18(24)20-15-5-6-15)10-7-17(16)22-8-3-2-4-9-22/h11-12,15-17H,2-10,13H2,1H3,(H,20,24)/t16-,17+/m1/s1. The van der Waals surface area contributed by atoms with E-state index < -0.39 is 0 Å². The summed E-state index contributed by atoms with van der Waals surface area (Å²) in [6.07, 6.45) is 11.4. The fraction of sp³-hybridized carbons (Fsp3) is 0.778. The number of nitrogens with one attached hydrogen (secondary N) is 1. The van der Waals surface area contributed by atoms with E-state index in [1.807, 2.05) is 22.8 Å². The Balaban J connectivity index is 1.50. The molecule has 4 rings (SSSR count). The van der Waals surface area contributed by atoms with Gasteiger partial charge in [-0.1, -0.05) is 6.42 Å². The number of amides is 2. The van der Waals surface area contributed by atoms with Crippen molar-refractivity contribution >= 4 is 6.03 Å². The Kier molecular flexibility index (Phi) is 4.48. The summed E-state index contributed by atoms with van der Waals surface area (Å²) >= 11 is 0. The smallest absolute Gasteiger partial charge is 0.317 e. The highest BCUT2D eigenvalue weighted by molar-refractivity contribution is 5.75. The van der Waals surface area contributed by atoms with Crippen LogP contribution in [0.15, 0.2) is 12.4 Å². The van der Waals surface area contributed by atoms with Crippen LogP contribution in [-0.2, 0) is 7.05 Å². The van der Waals surface area contributed by atoms with Crippen molar-refractivity contribution < 1.29 is 4.79 Å². The van der Waals surface area contributed by atoms with Gasteiger partial charge in [-0.15, -0.1) is 0 Å². The number of hydrogen-bond acceptors (Lipinski definition) is 3. The van der Waals surface area contributed by atoms with Crippen molar-refractivity contribution in [3.63, 3.8) is 0 Å². The number of carbonyl (C=O) groups excluding carboxylic acids is 1. The fourth-order valence-electron chi connectivity index (χ4n) is 4.26. The third-order valence-electron chi connectivity index (χ3n) is 5.78. The summed E-state index contributed by atoms with van der Waals surface area (Å²) in [4.78, 5) is 17.2. The molecular weight excluding hydrogens is 302 g/mol. The molecule has 24 heavy (non-hydrogen) atoms. The minimum Gasteiger partial charge on any atom is -0.335 e. The Morgan fingerprint density at radius 2 is 1.96 bits per heavy atom. The Morgan fingerprint density at radius 1 is 1.17 bits per heavy atom. The van der Waals surface area contributed by atoms with Gasteiger partial charge in [0, 0.05) is 44.3 Å². The van der Waals surface area contributed by atoms with Crippen LogP contribution < -0.4 is 5.32 Å². The lowest BCUT2D eigenvalue weighted by atomic mass is 9.85. The number of nitrogens with zero attached hydrogens (tertiary/aromatic N) is 4. The zero-order valence-corrected chi connectivity index (χ0v) is 14.7. The molecule has 0 radical (unpaired) electrons. The van der Waals surface area contributed by atoms with E-state index in [1.54, 1.807) is 0 Å². The number of carbonyl (C=O) groups is 1. The molecule has 3 heterocycles. The Labute approximate surface area is 144 Å². The van der Waals surface area contributed by atoms with Crippen molar-refractivity contribution in [1.29, 1.82) is 0 Å². The number of hydrogen-bond donors (Lipinski definition) is 1. The molecule has 1 aliphatic carbocycles. The van der Waals surface area contributed by atoms with Gasteiger partial charge >= 0.3 is 6.03 Å². The second kappa shape index (κ2) is 6.75. The maximum Gasteiger partial charge on any atom is 0.317 e. The van der Waals surface area contributed by atoms with Gasteiger partial charge in [-0.3, -0.25) is 9.58 Å². The van der Waals surface area contributed by atoms with Crippen LogP contribution in [0.4, 0.5) is 4.79 Å². The highest BCUT2D eigenvalue weighted by Gasteiger charge is 2.37. The molecule has 2 atom stereocenters. The Hall–Kier alpha value is -1.56. The van der Waals surface area contributed by atoms with Crippen LogP contribution in [0.25, 0.3) is 0 Å². The lowest BCUT2D eigenvalue weighted by Crippen LogP contribution is -2.54. The van der Waals surface area contributed by atoms with Gasteiger partial charge in [-0.25, -0.2) is 4.79 Å². The quantitative estimate of drug-likeness (QED) is 0.921. The van der Waals surface area contributed by atoms with Crippen LogP contribution in [0.3, 0.4) is 0 Å². The topological polar surface area (TPSA) is 53.4 Å². The van der Waals surface area contributed by atoms with Crippen molar-refractivity contribution in [1.82, 2.24) is 24.9 Å². The van der Waals surface area contributed by atoms with Gasteiger partial charge in [0.2, 0.25) is 0 Å². The first-order valence-corrected chi connectivity index (χ1v) is 9.49. The summed E-state index contributed by atoms with van der Waals surface area (Å²) in [5.41, 5.74) is 1.27. The Morgan fingerprint density at radius 3 is 2.62 bits per heavy atom. The monoisotopic (exact) mass is 331 g/mol. The number of rotatable bonds is 3. The summed E-state index contributed by atoms with van der Waals surface area (Å²) < 4.78 is 1.88. The predicted octanol–water partition coefficient (Wildman–Crippen LogP) is 1.94. The number of urea groups is 1. The maximum absolute atomic E-state index is 12.5. The van der Waals surface area contributed by atoms with E-state index in [1.165, 1.54) is 37.9 Å². The number of likely N-dealkylation sites (tertiary alicyclic amines) is 2. The third-order valence-corrected chi connectivity index (χ3v) is 5.78. The zero-order valence-electron chi connectivity index (χ0n) is 14.7. The zero-order chi connectivity index (χ0) is 16.5. The molecule has 2 saturated heterocycles. The first-order valence-electron chi connectivity index (χ1n) is 9.49. The number of piperidine rings is 2. The summed E-state index contributed by atoms with van der Waals surface area (Å²) in [5.74, 6) is 0.371. The molecule has 2 amide bonds. The molecule has 3 aliphatic rings. The highest BCUT2D eigenvalue weighted by atomic mass is 16.2. The van der Waals surface area contributed by atoms with Gasteiger partial charge in [-0.2, -0.15) is 5.10 Å². The van der Waals surface area contributed by atoms with Crippen LogP contribution in [0.5, 0.6) is 0 Å². The van der Waals surface area contributed by atoms with Crippen molar-refractivity contribution in [2.45, 2.75) is 56.5 Å². The van der Waals surface area contributed by atoms with Gasteiger partial charge in [0.1, 0.15) is 0 Å². The SMILES string of the molecule is Cn1cc([C@H]2CN(C(=O)NC3CC3)CC[C@@H]2N2CCCCC2)cn1. The first kappa shape index (κ1) is 15.9. The molecule has 2 aliphatic heterocycles. The molecule has 1 saturated carbocycles. The summed E-state index contributed by atoms with van der Waals surface area (Å²) in [6, 6.07) is 1.09. The molecule has 6 heteroatoms. The third kappa shape index (κ3) is 3.43. The van der Waals surface area contributed by atoms with Crippen LogP contribution >= 0.6 is 0 Å². The van der Waals surface area contributed by atoms with E-state index in [0.29, 0.717) is 18.0 Å². The highest BCUT2D eigenvalue weighted by Crippen LogP contribution is 2.32. The average Bonchev–Trinajstić information content (AvgIpc) is 3.32. The molecule has 6 nitrogen and oxygen atoms in total. The summed E-state index contributed by atoms with van der Waals surface area (Å²) in [5, 5.41) is 7.53. The molecule has 1 N–H and O–H groups in total. The van der Waals surface area contributed by atoms with Gasteiger partial charge < -0.3 is 10.2 Å². The van der Waals surface area contributed by atoms with E-state index in [4.69, 9.17) is 0 Å². The molecule has 0 unspecified atom stereocenters. The van der Waals surface area contributed by atoms with E-state index in [0.717, 1.165) is 32.4 Å².